The van der Waals surface area contributed by atoms with Crippen molar-refractivity contribution in [2.75, 3.05) is 32.4 Å². The van der Waals surface area contributed by atoms with Crippen LogP contribution in [0.2, 0.25) is 0 Å². The number of anilines is 1. The zero-order valence-electron chi connectivity index (χ0n) is 19.4. The Bertz CT molecular complexity index is 1130. The second-order valence-electron chi connectivity index (χ2n) is 8.02. The van der Waals surface area contributed by atoms with Crippen molar-refractivity contribution in [1.82, 2.24) is 9.97 Å². The van der Waals surface area contributed by atoms with Gasteiger partial charge >= 0.3 is 0 Å². The van der Waals surface area contributed by atoms with Gasteiger partial charge in [0, 0.05) is 29.4 Å². The third kappa shape index (κ3) is 4.34. The van der Waals surface area contributed by atoms with Gasteiger partial charge < -0.3 is 24.5 Å². The molecule has 4 rings (SSSR count). The van der Waals surface area contributed by atoms with Crippen LogP contribution in [0.5, 0.6) is 17.2 Å². The normalized spacial score (nSPS) is 17.2. The Labute approximate surface area is 197 Å². The molecule has 2 N–H and O–H groups in total. The molecule has 1 aliphatic heterocycles. The molecule has 0 spiro atoms. The van der Waals surface area contributed by atoms with Crippen molar-refractivity contribution < 1.29 is 19.0 Å². The number of nitrogens with one attached hydrogen (secondary N) is 2. The largest absolute Gasteiger partial charge is 0.493 e. The fourth-order valence-electron chi connectivity index (χ4n) is 4.42. The SMILES string of the molecule is CCCCSc1nc2c(c(=O)[nH]1)[C@H](c1cc(OC)c(OC)c(OC)c1)C1=C(CCCC1=O)N2. The molecule has 0 radical (unpaired) electrons. The molecule has 0 saturated carbocycles. The van der Waals surface area contributed by atoms with Gasteiger partial charge in [-0.1, -0.05) is 25.1 Å². The quantitative estimate of drug-likeness (QED) is 0.335. The summed E-state index contributed by atoms with van der Waals surface area (Å²) in [6, 6.07) is 3.61. The zero-order valence-corrected chi connectivity index (χ0v) is 20.2. The minimum Gasteiger partial charge on any atom is -0.493 e. The Morgan fingerprint density at radius 1 is 1.09 bits per heavy atom. The smallest absolute Gasteiger partial charge is 0.257 e. The third-order valence-corrected chi connectivity index (χ3v) is 6.95. The number of aromatic amines is 1. The van der Waals surface area contributed by atoms with E-state index >= 15 is 0 Å². The first-order valence-electron chi connectivity index (χ1n) is 11.1. The molecular formula is C24H29N3O5S. The molecule has 0 amide bonds. The lowest BCUT2D eigenvalue weighted by Crippen LogP contribution is -2.32. The number of carbonyl (C=O) groups is 1. The molecule has 2 aromatic rings. The van der Waals surface area contributed by atoms with Crippen LogP contribution in [0.25, 0.3) is 0 Å². The summed E-state index contributed by atoms with van der Waals surface area (Å²) in [5, 5.41) is 3.89. The summed E-state index contributed by atoms with van der Waals surface area (Å²) in [5.41, 5.74) is 2.34. The van der Waals surface area contributed by atoms with Gasteiger partial charge in [-0.15, -0.1) is 0 Å². The van der Waals surface area contributed by atoms with Crippen molar-refractivity contribution in [3.8, 4) is 17.2 Å². The number of ketones is 1. The van der Waals surface area contributed by atoms with E-state index in [4.69, 9.17) is 19.2 Å². The average molecular weight is 472 g/mol. The summed E-state index contributed by atoms with van der Waals surface area (Å²) in [6.07, 6.45) is 4.06. The van der Waals surface area contributed by atoms with E-state index in [0.29, 0.717) is 51.3 Å². The van der Waals surface area contributed by atoms with E-state index in [-0.39, 0.29) is 11.3 Å². The van der Waals surface area contributed by atoms with E-state index in [1.165, 1.54) is 18.9 Å². The van der Waals surface area contributed by atoms with E-state index < -0.39 is 5.92 Å². The molecule has 9 heteroatoms. The van der Waals surface area contributed by atoms with Gasteiger partial charge in [0.15, 0.2) is 22.4 Å². The molecule has 0 fully saturated rings. The second-order valence-corrected chi connectivity index (χ2v) is 9.10. The molecule has 2 heterocycles. The number of aromatic nitrogens is 2. The van der Waals surface area contributed by atoms with Gasteiger partial charge in [-0.05, 0) is 37.0 Å². The molecular weight excluding hydrogens is 442 g/mol. The highest BCUT2D eigenvalue weighted by Gasteiger charge is 2.38. The lowest BCUT2D eigenvalue weighted by molar-refractivity contribution is -0.116. The number of H-pyrrole nitrogens is 1. The number of benzene rings is 1. The predicted molar refractivity (Wildman–Crippen MR) is 128 cm³/mol. The van der Waals surface area contributed by atoms with Crippen molar-refractivity contribution in [3.63, 3.8) is 0 Å². The van der Waals surface area contributed by atoms with Gasteiger partial charge in [0.1, 0.15) is 5.82 Å². The molecule has 33 heavy (non-hydrogen) atoms. The standard InChI is InChI=1S/C24H29N3O5S/c1-5-6-10-33-24-26-22-20(23(29)27-24)18(19-14(25-22)8-7-9-15(19)28)13-11-16(30-2)21(32-4)17(12-13)31-3/h11-12,18H,5-10H2,1-4H3,(H2,25,26,27,29)/t18-/m1/s1. The summed E-state index contributed by atoms with van der Waals surface area (Å²) < 4.78 is 16.5. The number of thioether (sulfide) groups is 1. The summed E-state index contributed by atoms with van der Waals surface area (Å²) in [7, 11) is 4.63. The van der Waals surface area contributed by atoms with Crippen molar-refractivity contribution in [2.45, 2.75) is 50.1 Å². The number of fused-ring (bicyclic) bond motifs is 1. The van der Waals surface area contributed by atoms with Gasteiger partial charge in [0.25, 0.3) is 5.56 Å². The minimum absolute atomic E-state index is 0.0361. The topological polar surface area (TPSA) is 103 Å². The molecule has 2 aliphatic rings. The number of Topliss-reactive ketones (excluding diaryl/α,β-unsaturated/α-hetero) is 1. The highest BCUT2D eigenvalue weighted by Crippen LogP contribution is 2.47. The van der Waals surface area contributed by atoms with Crippen LogP contribution >= 0.6 is 11.8 Å². The van der Waals surface area contributed by atoms with Gasteiger partial charge in [-0.2, -0.15) is 0 Å². The highest BCUT2D eigenvalue weighted by atomic mass is 32.2. The van der Waals surface area contributed by atoms with Crippen LogP contribution in [0.3, 0.4) is 0 Å². The van der Waals surface area contributed by atoms with E-state index in [1.54, 1.807) is 26.4 Å². The van der Waals surface area contributed by atoms with Crippen molar-refractivity contribution >= 4 is 23.4 Å². The number of methoxy groups -OCH3 is 3. The van der Waals surface area contributed by atoms with Crippen LogP contribution in [0.15, 0.2) is 33.4 Å². The molecule has 0 bridgehead atoms. The van der Waals surface area contributed by atoms with Crippen molar-refractivity contribution in [2.24, 2.45) is 0 Å². The second kappa shape index (κ2) is 9.91. The fourth-order valence-corrected chi connectivity index (χ4v) is 5.37. The van der Waals surface area contributed by atoms with Crippen LogP contribution in [0.1, 0.15) is 56.1 Å². The van der Waals surface area contributed by atoms with Gasteiger partial charge in [-0.25, -0.2) is 4.98 Å². The van der Waals surface area contributed by atoms with E-state index in [2.05, 4.69) is 17.2 Å². The number of carbonyl (C=O) groups excluding carboxylic acids is 1. The lowest BCUT2D eigenvalue weighted by Gasteiger charge is -2.33. The summed E-state index contributed by atoms with van der Waals surface area (Å²) in [5.74, 6) is 2.22. The summed E-state index contributed by atoms with van der Waals surface area (Å²) in [4.78, 5) is 34.1. The van der Waals surface area contributed by atoms with Crippen LogP contribution < -0.4 is 25.1 Å². The Balaban J connectivity index is 1.91. The average Bonchev–Trinajstić information content (AvgIpc) is 2.82. The number of allylic oxidation sites excluding steroid dienone is 2. The fraction of sp³-hybridized carbons (Fsp3) is 0.458. The van der Waals surface area contributed by atoms with E-state index in [0.717, 1.165) is 37.1 Å². The van der Waals surface area contributed by atoms with Gasteiger partial charge in [0.2, 0.25) is 5.75 Å². The van der Waals surface area contributed by atoms with Crippen LogP contribution in [-0.4, -0.2) is 42.8 Å². The van der Waals surface area contributed by atoms with Crippen LogP contribution in [0.4, 0.5) is 5.82 Å². The molecule has 8 nitrogen and oxygen atoms in total. The van der Waals surface area contributed by atoms with Gasteiger partial charge in [-0.3, -0.25) is 9.59 Å². The Morgan fingerprint density at radius 2 is 1.82 bits per heavy atom. The Morgan fingerprint density at radius 3 is 2.45 bits per heavy atom. The first-order valence-corrected chi connectivity index (χ1v) is 12.1. The van der Waals surface area contributed by atoms with Gasteiger partial charge in [0.05, 0.1) is 26.9 Å². The molecule has 176 valence electrons. The number of unbranched alkanes of at least 4 members (excludes halogenated alkanes) is 1. The number of hydrogen-bond acceptors (Lipinski definition) is 8. The monoisotopic (exact) mass is 471 g/mol. The van der Waals surface area contributed by atoms with Crippen molar-refractivity contribution in [3.05, 3.63) is 44.9 Å². The third-order valence-electron chi connectivity index (χ3n) is 5.99. The summed E-state index contributed by atoms with van der Waals surface area (Å²) in [6.45, 7) is 2.13. The van der Waals surface area contributed by atoms with Crippen LogP contribution in [-0.2, 0) is 4.79 Å². The molecule has 1 atom stereocenters. The zero-order chi connectivity index (χ0) is 23.5. The molecule has 1 aromatic carbocycles. The van der Waals surface area contributed by atoms with Crippen LogP contribution in [0, 0.1) is 0 Å². The first-order chi connectivity index (χ1) is 16.0. The number of ether oxygens (including phenoxy) is 3. The lowest BCUT2D eigenvalue weighted by atomic mass is 9.76. The number of nitrogens with zero attached hydrogens (tertiary/aromatic N) is 1. The predicted octanol–water partition coefficient (Wildman–Crippen LogP) is 4.25. The Hall–Kier alpha value is -2.94. The van der Waals surface area contributed by atoms with E-state index in [1.807, 2.05) is 0 Å². The van der Waals surface area contributed by atoms with E-state index in [9.17, 15) is 9.59 Å². The molecule has 0 saturated heterocycles. The minimum atomic E-state index is -0.580. The molecule has 0 unspecified atom stereocenters. The maximum absolute atomic E-state index is 13.3. The van der Waals surface area contributed by atoms with Crippen molar-refractivity contribution in [1.29, 1.82) is 0 Å². The number of rotatable bonds is 8. The summed E-state index contributed by atoms with van der Waals surface area (Å²) >= 11 is 1.53. The maximum Gasteiger partial charge on any atom is 0.257 e. The Kier molecular flexibility index (Phi) is 6.97. The molecule has 1 aliphatic carbocycles. The molecule has 1 aromatic heterocycles. The maximum atomic E-state index is 13.3. The number of hydrogen-bond donors (Lipinski definition) is 2. The highest BCUT2D eigenvalue weighted by molar-refractivity contribution is 7.99. The first kappa shape index (κ1) is 23.2.